The van der Waals surface area contributed by atoms with Crippen molar-refractivity contribution in [2.24, 2.45) is 5.92 Å². The molecule has 4 nitrogen and oxygen atoms in total. The second-order valence-electron chi connectivity index (χ2n) is 3.78. The van der Waals surface area contributed by atoms with Gasteiger partial charge in [-0.15, -0.1) is 10.2 Å². The zero-order valence-electron chi connectivity index (χ0n) is 9.78. The number of nitrogens with one attached hydrogen (secondary N) is 1. The molecule has 5 heteroatoms. The van der Waals surface area contributed by atoms with E-state index in [0.29, 0.717) is 18.6 Å². The van der Waals surface area contributed by atoms with Crippen LogP contribution in [-0.2, 0) is 4.74 Å². The Kier molecular flexibility index (Phi) is 4.98. The molecule has 1 atom stereocenters. The maximum atomic E-state index is 5.43. The topological polar surface area (TPSA) is 47.0 Å². The number of aryl methyl sites for hydroxylation is 1. The van der Waals surface area contributed by atoms with Crippen molar-refractivity contribution in [1.82, 2.24) is 10.2 Å². The van der Waals surface area contributed by atoms with Gasteiger partial charge in [0.15, 0.2) is 0 Å². The van der Waals surface area contributed by atoms with Gasteiger partial charge in [-0.05, 0) is 19.8 Å². The molecule has 0 saturated carbocycles. The van der Waals surface area contributed by atoms with E-state index in [1.807, 2.05) is 13.8 Å². The van der Waals surface area contributed by atoms with E-state index < -0.39 is 0 Å². The Morgan fingerprint density at radius 3 is 2.60 bits per heavy atom. The molecule has 1 aromatic heterocycles. The predicted molar refractivity (Wildman–Crippen MR) is 63.4 cm³/mol. The van der Waals surface area contributed by atoms with Crippen LogP contribution in [0.1, 0.15) is 25.8 Å². The second-order valence-corrected chi connectivity index (χ2v) is 4.96. The third kappa shape index (κ3) is 4.13. The summed E-state index contributed by atoms with van der Waals surface area (Å²) in [4.78, 5) is 0. The van der Waals surface area contributed by atoms with Gasteiger partial charge in [0.1, 0.15) is 5.01 Å². The van der Waals surface area contributed by atoms with Crippen LogP contribution in [0.3, 0.4) is 0 Å². The molecule has 0 bridgehead atoms. The number of nitrogens with zero attached hydrogens (tertiary/aromatic N) is 2. The molecule has 0 fully saturated rings. The zero-order valence-corrected chi connectivity index (χ0v) is 10.6. The number of hydrogen-bond donors (Lipinski definition) is 1. The first kappa shape index (κ1) is 12.4. The summed E-state index contributed by atoms with van der Waals surface area (Å²) in [6.07, 6.45) is 0. The van der Waals surface area contributed by atoms with Crippen molar-refractivity contribution in [2.75, 3.05) is 18.5 Å². The van der Waals surface area contributed by atoms with E-state index in [0.717, 1.165) is 16.7 Å². The van der Waals surface area contributed by atoms with Crippen LogP contribution in [0.5, 0.6) is 0 Å². The van der Waals surface area contributed by atoms with Gasteiger partial charge < -0.3 is 10.1 Å². The van der Waals surface area contributed by atoms with Crippen molar-refractivity contribution in [3.63, 3.8) is 0 Å². The van der Waals surface area contributed by atoms with Crippen molar-refractivity contribution >= 4 is 16.5 Å². The van der Waals surface area contributed by atoms with Gasteiger partial charge in [-0.1, -0.05) is 25.2 Å². The Bertz CT molecular complexity index is 288. The molecular weight excluding hydrogens is 210 g/mol. The zero-order chi connectivity index (χ0) is 11.3. The van der Waals surface area contributed by atoms with Crippen molar-refractivity contribution < 1.29 is 4.74 Å². The molecule has 1 aromatic rings. The summed E-state index contributed by atoms with van der Waals surface area (Å²) in [5.41, 5.74) is 0. The van der Waals surface area contributed by atoms with Gasteiger partial charge in [0.2, 0.25) is 5.13 Å². The van der Waals surface area contributed by atoms with E-state index in [1.54, 1.807) is 11.3 Å². The summed E-state index contributed by atoms with van der Waals surface area (Å²) in [6.45, 7) is 9.77. The van der Waals surface area contributed by atoms with Crippen LogP contribution in [0.25, 0.3) is 0 Å². The third-order valence-corrected chi connectivity index (χ3v) is 2.91. The van der Waals surface area contributed by atoms with Crippen LogP contribution in [0.2, 0.25) is 0 Å². The highest BCUT2D eigenvalue weighted by molar-refractivity contribution is 7.15. The Morgan fingerprint density at radius 2 is 2.13 bits per heavy atom. The summed E-state index contributed by atoms with van der Waals surface area (Å²) in [5.74, 6) is 0.515. The quantitative estimate of drug-likeness (QED) is 0.813. The molecule has 1 N–H and O–H groups in total. The smallest absolute Gasteiger partial charge is 0.205 e. The van der Waals surface area contributed by atoms with Crippen LogP contribution in [0.4, 0.5) is 5.13 Å². The van der Waals surface area contributed by atoms with Crippen LogP contribution in [0.15, 0.2) is 0 Å². The Labute approximate surface area is 95.1 Å². The van der Waals surface area contributed by atoms with Crippen LogP contribution < -0.4 is 5.32 Å². The lowest BCUT2D eigenvalue weighted by atomic mass is 10.1. The summed E-state index contributed by atoms with van der Waals surface area (Å²) in [5, 5.41) is 13.2. The summed E-state index contributed by atoms with van der Waals surface area (Å²) in [6, 6.07) is 0.303. The Balaban J connectivity index is 2.50. The van der Waals surface area contributed by atoms with E-state index in [-0.39, 0.29) is 0 Å². The highest BCUT2D eigenvalue weighted by Gasteiger charge is 2.14. The van der Waals surface area contributed by atoms with E-state index in [1.165, 1.54) is 0 Å². The van der Waals surface area contributed by atoms with E-state index in [2.05, 4.69) is 29.4 Å². The number of hydrogen-bond acceptors (Lipinski definition) is 5. The van der Waals surface area contributed by atoms with Crippen molar-refractivity contribution in [1.29, 1.82) is 0 Å². The molecule has 86 valence electrons. The van der Waals surface area contributed by atoms with Crippen molar-refractivity contribution in [2.45, 2.75) is 33.7 Å². The number of rotatable bonds is 6. The minimum atomic E-state index is 0.303. The van der Waals surface area contributed by atoms with E-state index >= 15 is 0 Å². The number of anilines is 1. The maximum absolute atomic E-state index is 5.43. The lowest BCUT2D eigenvalue weighted by molar-refractivity contribution is 0.127. The molecule has 0 radical (unpaired) electrons. The average molecular weight is 229 g/mol. The molecule has 0 amide bonds. The molecule has 1 rings (SSSR count). The molecule has 15 heavy (non-hydrogen) atoms. The standard InChI is InChI=1S/C10H19N3OS/c1-5-14-6-9(7(2)3)11-10-13-12-8(4)15-10/h7,9H,5-6H2,1-4H3,(H,11,13). The van der Waals surface area contributed by atoms with Gasteiger partial charge in [0.05, 0.1) is 12.6 Å². The molecule has 1 heterocycles. The molecular formula is C10H19N3OS. The molecule has 1 unspecified atom stereocenters. The van der Waals surface area contributed by atoms with Gasteiger partial charge in [0.25, 0.3) is 0 Å². The summed E-state index contributed by atoms with van der Waals surface area (Å²) < 4.78 is 5.43. The van der Waals surface area contributed by atoms with Crippen LogP contribution in [0, 0.1) is 12.8 Å². The van der Waals surface area contributed by atoms with Crippen molar-refractivity contribution in [3.05, 3.63) is 5.01 Å². The van der Waals surface area contributed by atoms with Crippen LogP contribution in [-0.4, -0.2) is 29.5 Å². The summed E-state index contributed by atoms with van der Waals surface area (Å²) in [7, 11) is 0. The van der Waals surface area contributed by atoms with Crippen molar-refractivity contribution in [3.8, 4) is 0 Å². The second kappa shape index (κ2) is 6.02. The molecule has 0 aromatic carbocycles. The van der Waals surface area contributed by atoms with E-state index in [4.69, 9.17) is 4.74 Å². The lowest BCUT2D eigenvalue weighted by Crippen LogP contribution is -2.30. The minimum Gasteiger partial charge on any atom is -0.380 e. The first-order valence-electron chi connectivity index (χ1n) is 5.27. The van der Waals surface area contributed by atoms with Gasteiger partial charge in [0, 0.05) is 6.61 Å². The fourth-order valence-corrected chi connectivity index (χ4v) is 1.81. The van der Waals surface area contributed by atoms with Gasteiger partial charge >= 0.3 is 0 Å². The van der Waals surface area contributed by atoms with Crippen LogP contribution >= 0.6 is 11.3 Å². The average Bonchev–Trinajstić information content (AvgIpc) is 2.58. The normalized spacial score (nSPS) is 13.1. The fraction of sp³-hybridized carbons (Fsp3) is 0.800. The summed E-state index contributed by atoms with van der Waals surface area (Å²) >= 11 is 1.58. The number of ether oxygens (including phenoxy) is 1. The molecule has 0 aliphatic rings. The lowest BCUT2D eigenvalue weighted by Gasteiger charge is -2.21. The number of aromatic nitrogens is 2. The molecule has 0 aliphatic heterocycles. The van der Waals surface area contributed by atoms with Gasteiger partial charge in [-0.2, -0.15) is 0 Å². The van der Waals surface area contributed by atoms with E-state index in [9.17, 15) is 0 Å². The highest BCUT2D eigenvalue weighted by Crippen LogP contribution is 2.17. The van der Waals surface area contributed by atoms with Gasteiger partial charge in [-0.25, -0.2) is 0 Å². The SMILES string of the molecule is CCOCC(Nc1nnc(C)s1)C(C)C. The molecule has 0 spiro atoms. The Morgan fingerprint density at radius 1 is 1.40 bits per heavy atom. The first-order valence-corrected chi connectivity index (χ1v) is 6.09. The molecule has 0 aliphatic carbocycles. The largest absolute Gasteiger partial charge is 0.380 e. The van der Waals surface area contributed by atoms with Gasteiger partial charge in [-0.3, -0.25) is 0 Å². The highest BCUT2D eigenvalue weighted by atomic mass is 32.1. The Hall–Kier alpha value is -0.680. The first-order chi connectivity index (χ1) is 7.13. The molecule has 0 saturated heterocycles. The minimum absolute atomic E-state index is 0.303. The fourth-order valence-electron chi connectivity index (χ4n) is 1.16. The predicted octanol–water partition coefficient (Wildman–Crippen LogP) is 2.32. The maximum Gasteiger partial charge on any atom is 0.205 e. The third-order valence-electron chi connectivity index (χ3n) is 2.14. The monoisotopic (exact) mass is 229 g/mol.